The van der Waals surface area contributed by atoms with E-state index in [9.17, 15) is 26.3 Å². The Morgan fingerprint density at radius 2 is 1.45 bits per heavy atom. The van der Waals surface area contributed by atoms with E-state index in [4.69, 9.17) is 4.74 Å². The molecule has 0 aliphatic carbocycles. The lowest BCUT2D eigenvalue weighted by atomic mass is 9.95. The molecule has 3 aromatic rings. The molecule has 0 saturated heterocycles. The van der Waals surface area contributed by atoms with Gasteiger partial charge in [0.15, 0.2) is 11.6 Å². The average Bonchev–Trinajstić information content (AvgIpc) is 2.86. The minimum atomic E-state index is -4.53. The van der Waals surface area contributed by atoms with E-state index in [0.717, 1.165) is 18.2 Å². The van der Waals surface area contributed by atoms with E-state index in [1.807, 2.05) is 39.0 Å². The fourth-order valence-electron chi connectivity index (χ4n) is 3.24. The number of terminal acetylenes is 1. The van der Waals surface area contributed by atoms with E-state index in [1.54, 1.807) is 13.8 Å². The molecule has 1 atom stereocenters. The third kappa shape index (κ3) is 11.2. The molecule has 0 heterocycles. The Kier molecular flexibility index (Phi) is 13.7. The molecule has 0 fully saturated rings. The van der Waals surface area contributed by atoms with Gasteiger partial charge in [-0.2, -0.15) is 8.78 Å². The molecule has 218 valence electrons. The molecule has 0 unspecified atom stereocenters. The first-order valence-corrected chi connectivity index (χ1v) is 13.1. The number of rotatable bonds is 8. The lowest BCUT2D eigenvalue weighted by Gasteiger charge is -2.26. The van der Waals surface area contributed by atoms with E-state index in [0.29, 0.717) is 11.6 Å². The van der Waals surface area contributed by atoms with Crippen LogP contribution >= 0.6 is 11.9 Å². The van der Waals surface area contributed by atoms with Gasteiger partial charge < -0.3 is 4.74 Å². The fourth-order valence-corrected chi connectivity index (χ4v) is 3.99. The molecule has 0 bridgehead atoms. The average molecular weight is 584 g/mol. The summed E-state index contributed by atoms with van der Waals surface area (Å²) in [5.41, 5.74) is 0.430. The van der Waals surface area contributed by atoms with Crippen molar-refractivity contribution >= 4 is 11.9 Å². The zero-order valence-corrected chi connectivity index (χ0v) is 24.1. The summed E-state index contributed by atoms with van der Waals surface area (Å²) in [6.45, 7) is 11.2. The Bertz CT molecular complexity index is 1210. The van der Waals surface area contributed by atoms with E-state index in [1.165, 1.54) is 29.6 Å². The molecule has 0 aliphatic heterocycles. The quantitative estimate of drug-likeness (QED) is 0.162. The fraction of sp³-hybridized carbons (Fsp3) is 0.355. The van der Waals surface area contributed by atoms with E-state index >= 15 is 0 Å². The van der Waals surface area contributed by atoms with Crippen LogP contribution in [-0.4, -0.2) is 17.3 Å². The molecule has 2 nitrogen and oxygen atoms in total. The molecule has 1 N–H and O–H groups in total. The topological polar surface area (TPSA) is 21.3 Å². The van der Waals surface area contributed by atoms with Crippen molar-refractivity contribution in [3.05, 3.63) is 101 Å². The van der Waals surface area contributed by atoms with Crippen molar-refractivity contribution in [2.45, 2.75) is 70.8 Å². The highest BCUT2D eigenvalue weighted by Gasteiger charge is 2.43. The van der Waals surface area contributed by atoms with Crippen molar-refractivity contribution in [1.29, 1.82) is 0 Å². The first-order valence-electron chi connectivity index (χ1n) is 12.3. The molecule has 0 radical (unpaired) electrons. The van der Waals surface area contributed by atoms with Crippen LogP contribution in [-0.2, 0) is 5.92 Å². The number of halogens is 6. The van der Waals surface area contributed by atoms with E-state index < -0.39 is 35.6 Å². The van der Waals surface area contributed by atoms with Gasteiger partial charge in [-0.1, -0.05) is 53.9 Å². The van der Waals surface area contributed by atoms with Crippen molar-refractivity contribution in [1.82, 2.24) is 4.72 Å². The van der Waals surface area contributed by atoms with Gasteiger partial charge in [-0.05, 0) is 83.0 Å². The predicted molar refractivity (Wildman–Crippen MR) is 152 cm³/mol. The highest BCUT2D eigenvalue weighted by atomic mass is 32.2. The van der Waals surface area contributed by atoms with Crippen molar-refractivity contribution in [2.24, 2.45) is 0 Å². The molecule has 0 amide bonds. The van der Waals surface area contributed by atoms with Crippen LogP contribution in [0.2, 0.25) is 0 Å². The number of nitrogens with one attached hydrogen (secondary N) is 1. The summed E-state index contributed by atoms with van der Waals surface area (Å²) < 4.78 is 90.2. The molecule has 0 aromatic heterocycles. The first-order chi connectivity index (χ1) is 18.6. The normalized spacial score (nSPS) is 12.2. The van der Waals surface area contributed by atoms with Gasteiger partial charge in [-0.25, -0.2) is 17.6 Å². The number of hydrogen-bond donors (Lipinski definition) is 1. The zero-order valence-electron chi connectivity index (χ0n) is 23.3. The Hall–Kier alpha value is -3.09. The number of hydrogen-bond acceptors (Lipinski definition) is 3. The molecule has 9 heteroatoms. The van der Waals surface area contributed by atoms with Crippen molar-refractivity contribution < 1.29 is 31.1 Å². The molecular formula is C31H35F6NOS. The number of ether oxygens (including phenoxy) is 1. The summed E-state index contributed by atoms with van der Waals surface area (Å²) in [7, 11) is 0. The first kappa shape index (κ1) is 34.9. The van der Waals surface area contributed by atoms with Gasteiger partial charge in [-0.15, -0.1) is 12.8 Å². The van der Waals surface area contributed by atoms with E-state index in [-0.39, 0.29) is 22.2 Å². The molecule has 40 heavy (non-hydrogen) atoms. The summed E-state index contributed by atoms with van der Waals surface area (Å²) >= 11 is 1.22. The second kappa shape index (κ2) is 15.6. The smallest absolute Gasteiger partial charge is 0.332 e. The maximum atomic E-state index is 14.6. The summed E-state index contributed by atoms with van der Waals surface area (Å²) in [4.78, 5) is 0. The van der Waals surface area contributed by atoms with Crippen molar-refractivity contribution in [3.8, 4) is 18.6 Å². The second-order valence-corrected chi connectivity index (χ2v) is 11.6. The summed E-state index contributed by atoms with van der Waals surface area (Å²) in [6.07, 6.45) is 3.73. The van der Waals surface area contributed by atoms with Crippen LogP contribution in [0.4, 0.5) is 26.3 Å². The van der Waals surface area contributed by atoms with Crippen LogP contribution in [0.3, 0.4) is 0 Å². The van der Waals surface area contributed by atoms with Gasteiger partial charge in [0.1, 0.15) is 5.82 Å². The van der Waals surface area contributed by atoms with Gasteiger partial charge in [0.25, 0.3) is 0 Å². The monoisotopic (exact) mass is 583 g/mol. The molecular weight excluding hydrogens is 548 g/mol. The number of aryl methyl sites for hydroxylation is 1. The highest BCUT2D eigenvalue weighted by molar-refractivity contribution is 7.98. The van der Waals surface area contributed by atoms with Crippen LogP contribution in [0, 0.1) is 31.4 Å². The van der Waals surface area contributed by atoms with Crippen LogP contribution in [0.1, 0.15) is 62.9 Å². The van der Waals surface area contributed by atoms with Crippen LogP contribution in [0.25, 0.3) is 0 Å². The lowest BCUT2D eigenvalue weighted by molar-refractivity contribution is -0.135. The maximum Gasteiger partial charge on any atom is 0.332 e. The van der Waals surface area contributed by atoms with Gasteiger partial charge in [-0.3, -0.25) is 4.72 Å². The van der Waals surface area contributed by atoms with Crippen LogP contribution < -0.4 is 9.46 Å². The van der Waals surface area contributed by atoms with Crippen LogP contribution in [0.15, 0.2) is 66.7 Å². The largest absolute Gasteiger partial charge is 0.488 e. The molecule has 0 saturated carbocycles. The third-order valence-electron chi connectivity index (χ3n) is 4.99. The Labute approximate surface area is 237 Å². The standard InChI is InChI=1S/C22H25F6NOS.C7H8.C2H2/c1-12(2)30-18-7-6-13(10-17(18)24)19(29-31-21(3,4)5)14-8-15(11-16(23)9-14)22(27,28)20(25)26;1-7-5-3-2-4-6-7;1-2/h6-12,19-20,29H,1-5H3;2-6H,1H3;1-2H/t19-;;/m1../s1. The predicted octanol–water partition coefficient (Wildman–Crippen LogP) is 9.48. The van der Waals surface area contributed by atoms with Gasteiger partial charge in [0, 0.05) is 10.3 Å². The SMILES string of the molecule is C#C.CC(C)Oc1ccc([C@@H](NSC(C)(C)C)c2cc(F)cc(C(F)(F)C(F)F)c2)cc1F.Cc1ccccc1. The molecule has 3 rings (SSSR count). The van der Waals surface area contributed by atoms with Gasteiger partial charge in [0.05, 0.1) is 12.1 Å². The lowest BCUT2D eigenvalue weighted by Crippen LogP contribution is -2.26. The zero-order chi connectivity index (χ0) is 30.7. The van der Waals surface area contributed by atoms with Crippen LogP contribution in [0.5, 0.6) is 5.75 Å². The maximum absolute atomic E-state index is 14.6. The summed E-state index contributed by atoms with van der Waals surface area (Å²) in [5, 5.41) is 0. The highest BCUT2D eigenvalue weighted by Crippen LogP contribution is 2.38. The number of benzene rings is 3. The second-order valence-electron chi connectivity index (χ2n) is 9.97. The summed E-state index contributed by atoms with van der Waals surface area (Å²) in [5.74, 6) is -6.31. The minimum absolute atomic E-state index is 0.00476. The molecule has 0 aliphatic rings. The van der Waals surface area contributed by atoms with Gasteiger partial charge in [0.2, 0.25) is 0 Å². The van der Waals surface area contributed by atoms with Gasteiger partial charge >= 0.3 is 12.3 Å². The Morgan fingerprint density at radius 1 is 0.850 bits per heavy atom. The summed E-state index contributed by atoms with van der Waals surface area (Å²) in [6, 6.07) is 15.5. The van der Waals surface area contributed by atoms with Crippen molar-refractivity contribution in [2.75, 3.05) is 0 Å². The number of alkyl halides is 4. The third-order valence-corrected chi connectivity index (χ3v) is 5.95. The minimum Gasteiger partial charge on any atom is -0.488 e. The Balaban J connectivity index is 0.000000759. The Morgan fingerprint density at radius 3 is 1.90 bits per heavy atom. The van der Waals surface area contributed by atoms with Crippen molar-refractivity contribution in [3.63, 3.8) is 0 Å². The molecule has 3 aromatic carbocycles. The molecule has 0 spiro atoms. The van der Waals surface area contributed by atoms with E-state index in [2.05, 4.69) is 36.6 Å².